The molecule has 0 aliphatic rings. The minimum absolute atomic E-state index is 0.214. The quantitative estimate of drug-likeness (QED) is 0.319. The highest BCUT2D eigenvalue weighted by Gasteiger charge is 2.18. The molecular weight excluding hydrogens is 416 g/mol. The Morgan fingerprint density at radius 2 is 1.67 bits per heavy atom. The monoisotopic (exact) mass is 444 g/mol. The molecule has 2 N–H and O–H groups in total. The van der Waals surface area contributed by atoms with Gasteiger partial charge in [0.2, 0.25) is 0 Å². The number of carbonyl (C=O) groups excluding carboxylic acids is 1. The van der Waals surface area contributed by atoms with Gasteiger partial charge in [0.05, 0.1) is 19.9 Å². The van der Waals surface area contributed by atoms with Gasteiger partial charge in [-0.3, -0.25) is 4.79 Å². The lowest BCUT2D eigenvalue weighted by molar-refractivity contribution is 0.0998. The summed E-state index contributed by atoms with van der Waals surface area (Å²) in [7, 11) is 3.16. The third-order valence-electron chi connectivity index (χ3n) is 5.51. The van der Waals surface area contributed by atoms with Gasteiger partial charge >= 0.3 is 0 Å². The van der Waals surface area contributed by atoms with Gasteiger partial charge in [0.15, 0.2) is 17.1 Å². The normalized spacial score (nSPS) is 10.8. The van der Waals surface area contributed by atoms with Crippen LogP contribution in [0.4, 0.5) is 5.69 Å². The molecule has 0 unspecified atom stereocenters. The molecule has 0 aliphatic heterocycles. The van der Waals surface area contributed by atoms with Crippen molar-refractivity contribution in [2.75, 3.05) is 26.1 Å². The molecule has 0 fully saturated rings. The molecule has 0 aliphatic carbocycles. The zero-order valence-electron chi connectivity index (χ0n) is 18.9. The van der Waals surface area contributed by atoms with Gasteiger partial charge in [-0.2, -0.15) is 0 Å². The van der Waals surface area contributed by atoms with Gasteiger partial charge in [-0.1, -0.05) is 48.5 Å². The van der Waals surface area contributed by atoms with Crippen LogP contribution in [0.3, 0.4) is 0 Å². The predicted molar refractivity (Wildman–Crippen MR) is 130 cm³/mol. The van der Waals surface area contributed by atoms with Crippen LogP contribution in [0.1, 0.15) is 28.1 Å². The van der Waals surface area contributed by atoms with Crippen LogP contribution in [-0.2, 0) is 13.0 Å². The fourth-order valence-electron chi connectivity index (χ4n) is 3.80. The first-order valence-corrected chi connectivity index (χ1v) is 11.0. The Bertz CT molecular complexity index is 1220. The average molecular weight is 445 g/mol. The molecule has 6 nitrogen and oxygen atoms in total. The standard InChI is InChI=1S/C27H28N2O4/c1-31-23-13-7-6-12-22(23)29-27(30)25-17-21-20(14-15-24(32-2)26(21)33-25)18-28-16-8-11-19-9-4-3-5-10-19/h3-7,9-10,12-15,17,28H,8,11,16,18H2,1-2H3,(H,29,30). The molecule has 1 heterocycles. The number of carbonyl (C=O) groups is 1. The van der Waals surface area contributed by atoms with E-state index in [0.29, 0.717) is 29.3 Å². The molecule has 0 saturated heterocycles. The zero-order chi connectivity index (χ0) is 23.0. The van der Waals surface area contributed by atoms with E-state index in [1.807, 2.05) is 30.3 Å². The SMILES string of the molecule is COc1ccccc1NC(=O)c1cc2c(CNCCCc3ccccc3)ccc(OC)c2o1. The van der Waals surface area contributed by atoms with Crippen molar-refractivity contribution in [3.8, 4) is 11.5 Å². The van der Waals surface area contributed by atoms with Crippen molar-refractivity contribution < 1.29 is 18.7 Å². The molecule has 0 saturated carbocycles. The number of furan rings is 1. The van der Waals surface area contributed by atoms with Crippen molar-refractivity contribution in [2.45, 2.75) is 19.4 Å². The third kappa shape index (κ3) is 5.35. The first-order chi connectivity index (χ1) is 16.2. The highest BCUT2D eigenvalue weighted by Crippen LogP contribution is 2.32. The Balaban J connectivity index is 1.46. The first kappa shape index (κ1) is 22.4. The number of fused-ring (bicyclic) bond motifs is 1. The van der Waals surface area contributed by atoms with E-state index in [1.54, 1.807) is 32.4 Å². The number of amides is 1. The minimum atomic E-state index is -0.348. The van der Waals surface area contributed by atoms with Crippen LogP contribution < -0.4 is 20.1 Å². The Hall–Kier alpha value is -3.77. The highest BCUT2D eigenvalue weighted by atomic mass is 16.5. The minimum Gasteiger partial charge on any atom is -0.495 e. The van der Waals surface area contributed by atoms with E-state index in [-0.39, 0.29) is 11.7 Å². The molecule has 170 valence electrons. The molecule has 0 bridgehead atoms. The van der Waals surface area contributed by atoms with Crippen molar-refractivity contribution in [3.05, 3.63) is 89.7 Å². The maximum atomic E-state index is 12.9. The summed E-state index contributed by atoms with van der Waals surface area (Å²) >= 11 is 0. The molecule has 3 aromatic carbocycles. The number of benzene rings is 3. The molecule has 6 heteroatoms. The summed E-state index contributed by atoms with van der Waals surface area (Å²) in [5, 5.41) is 7.21. The predicted octanol–water partition coefficient (Wildman–Crippen LogP) is 5.42. The van der Waals surface area contributed by atoms with E-state index in [9.17, 15) is 4.79 Å². The topological polar surface area (TPSA) is 72.7 Å². The highest BCUT2D eigenvalue weighted by molar-refractivity contribution is 6.06. The van der Waals surface area contributed by atoms with Crippen molar-refractivity contribution in [3.63, 3.8) is 0 Å². The summed E-state index contributed by atoms with van der Waals surface area (Å²) in [6, 6.07) is 23.4. The van der Waals surface area contributed by atoms with Crippen LogP contribution in [0.2, 0.25) is 0 Å². The maximum Gasteiger partial charge on any atom is 0.291 e. The Morgan fingerprint density at radius 3 is 2.45 bits per heavy atom. The van der Waals surface area contributed by atoms with Crippen LogP contribution in [0.5, 0.6) is 11.5 Å². The fraction of sp³-hybridized carbons (Fsp3) is 0.222. The second kappa shape index (κ2) is 10.7. The number of nitrogens with one attached hydrogen (secondary N) is 2. The summed E-state index contributed by atoms with van der Waals surface area (Å²) in [4.78, 5) is 12.9. The second-order valence-corrected chi connectivity index (χ2v) is 7.70. The molecule has 0 radical (unpaired) electrons. The van der Waals surface area contributed by atoms with Gasteiger partial charge < -0.3 is 24.5 Å². The number of hydrogen-bond acceptors (Lipinski definition) is 5. The first-order valence-electron chi connectivity index (χ1n) is 11.0. The fourth-order valence-corrected chi connectivity index (χ4v) is 3.80. The molecule has 0 atom stereocenters. The average Bonchev–Trinajstić information content (AvgIpc) is 3.31. The lowest BCUT2D eigenvalue weighted by Crippen LogP contribution is -2.15. The van der Waals surface area contributed by atoms with Crippen molar-refractivity contribution >= 4 is 22.6 Å². The number of rotatable bonds is 10. The largest absolute Gasteiger partial charge is 0.495 e. The van der Waals surface area contributed by atoms with Gasteiger partial charge in [-0.05, 0) is 54.8 Å². The number of ether oxygens (including phenoxy) is 2. The van der Waals surface area contributed by atoms with Gasteiger partial charge in [-0.25, -0.2) is 0 Å². The van der Waals surface area contributed by atoms with Crippen molar-refractivity contribution in [2.24, 2.45) is 0 Å². The van der Waals surface area contributed by atoms with Gasteiger partial charge in [0.1, 0.15) is 5.75 Å². The summed E-state index contributed by atoms with van der Waals surface area (Å²) < 4.78 is 16.7. The molecule has 4 rings (SSSR count). The number of para-hydroxylation sites is 2. The van der Waals surface area contributed by atoms with Crippen LogP contribution in [0.15, 0.2) is 77.2 Å². The van der Waals surface area contributed by atoms with Crippen molar-refractivity contribution in [1.29, 1.82) is 0 Å². The van der Waals surface area contributed by atoms with Crippen LogP contribution in [0, 0.1) is 0 Å². The number of anilines is 1. The van der Waals surface area contributed by atoms with E-state index in [2.05, 4.69) is 34.9 Å². The number of methoxy groups -OCH3 is 2. The van der Waals surface area contributed by atoms with Crippen molar-refractivity contribution in [1.82, 2.24) is 5.32 Å². The van der Waals surface area contributed by atoms with Crippen LogP contribution >= 0.6 is 0 Å². The Morgan fingerprint density at radius 1 is 0.909 bits per heavy atom. The second-order valence-electron chi connectivity index (χ2n) is 7.70. The van der Waals surface area contributed by atoms with Crippen LogP contribution in [0.25, 0.3) is 11.0 Å². The van der Waals surface area contributed by atoms with E-state index in [4.69, 9.17) is 13.9 Å². The van der Waals surface area contributed by atoms with E-state index >= 15 is 0 Å². The molecule has 4 aromatic rings. The number of hydrogen-bond donors (Lipinski definition) is 2. The summed E-state index contributed by atoms with van der Waals surface area (Å²) in [5.41, 5.74) is 3.53. The van der Waals surface area contributed by atoms with Gasteiger partial charge in [0.25, 0.3) is 5.91 Å². The van der Waals surface area contributed by atoms with E-state index in [0.717, 1.165) is 30.3 Å². The van der Waals surface area contributed by atoms with E-state index < -0.39 is 0 Å². The lowest BCUT2D eigenvalue weighted by Gasteiger charge is -2.08. The molecular formula is C27H28N2O4. The smallest absolute Gasteiger partial charge is 0.291 e. The third-order valence-corrected chi connectivity index (χ3v) is 5.51. The summed E-state index contributed by atoms with van der Waals surface area (Å²) in [6.45, 7) is 1.56. The van der Waals surface area contributed by atoms with Gasteiger partial charge in [0, 0.05) is 11.9 Å². The van der Waals surface area contributed by atoms with E-state index in [1.165, 1.54) is 5.56 Å². The van der Waals surface area contributed by atoms with Gasteiger partial charge in [-0.15, -0.1) is 0 Å². The molecule has 33 heavy (non-hydrogen) atoms. The molecule has 1 amide bonds. The summed E-state index contributed by atoms with van der Waals surface area (Å²) in [6.07, 6.45) is 2.08. The summed E-state index contributed by atoms with van der Waals surface area (Å²) in [5.74, 6) is 1.04. The molecule has 1 aromatic heterocycles. The Labute approximate surface area is 193 Å². The Kier molecular flexibility index (Phi) is 7.27. The lowest BCUT2D eigenvalue weighted by atomic mass is 10.1. The zero-order valence-corrected chi connectivity index (χ0v) is 18.9. The molecule has 0 spiro atoms. The maximum absolute atomic E-state index is 12.9. The number of aryl methyl sites for hydroxylation is 1. The van der Waals surface area contributed by atoms with Crippen LogP contribution in [-0.4, -0.2) is 26.7 Å².